The predicted octanol–water partition coefficient (Wildman–Crippen LogP) is 3.06. The van der Waals surface area contributed by atoms with Crippen LogP contribution in [0.1, 0.15) is 22.0 Å². The molecule has 2 aromatic carbocycles. The topological polar surface area (TPSA) is 48.0 Å². The van der Waals surface area contributed by atoms with Crippen LogP contribution in [0.2, 0.25) is 0 Å². The fourth-order valence-electron chi connectivity index (χ4n) is 2.86. The van der Waals surface area contributed by atoms with E-state index in [-0.39, 0.29) is 17.8 Å². The Morgan fingerprint density at radius 2 is 1.92 bits per heavy atom. The lowest BCUT2D eigenvalue weighted by molar-refractivity contribution is -0.0229. The minimum Gasteiger partial charge on any atom is -0.497 e. The zero-order valence-electron chi connectivity index (χ0n) is 14.2. The first-order chi connectivity index (χ1) is 12.1. The number of rotatable bonds is 4. The molecule has 0 saturated carbocycles. The van der Waals surface area contributed by atoms with E-state index in [1.807, 2.05) is 0 Å². The minimum atomic E-state index is -0.296. The lowest BCUT2D eigenvalue weighted by atomic mass is 10.1. The molecule has 1 aliphatic heterocycles. The zero-order valence-corrected chi connectivity index (χ0v) is 14.2. The van der Waals surface area contributed by atoms with Crippen LogP contribution < -0.4 is 9.47 Å². The Labute approximate surface area is 145 Å². The van der Waals surface area contributed by atoms with E-state index >= 15 is 0 Å². The van der Waals surface area contributed by atoms with Gasteiger partial charge in [0.05, 0.1) is 32.9 Å². The van der Waals surface area contributed by atoms with Gasteiger partial charge in [0.15, 0.2) is 0 Å². The number of benzene rings is 2. The molecule has 25 heavy (non-hydrogen) atoms. The Balaban J connectivity index is 1.79. The monoisotopic (exact) mass is 345 g/mol. The lowest BCUT2D eigenvalue weighted by Gasteiger charge is -2.33. The molecule has 1 atom stereocenters. The van der Waals surface area contributed by atoms with Crippen LogP contribution in [0, 0.1) is 5.82 Å². The quantitative estimate of drug-likeness (QED) is 0.855. The summed E-state index contributed by atoms with van der Waals surface area (Å²) < 4.78 is 29.3. The van der Waals surface area contributed by atoms with Gasteiger partial charge in [-0.2, -0.15) is 0 Å². The Bertz CT molecular complexity index is 748. The molecule has 0 bridgehead atoms. The van der Waals surface area contributed by atoms with E-state index in [1.165, 1.54) is 19.2 Å². The first kappa shape index (κ1) is 17.2. The normalized spacial score (nSPS) is 17.2. The van der Waals surface area contributed by atoms with Gasteiger partial charge in [0, 0.05) is 12.6 Å². The molecule has 1 heterocycles. The van der Waals surface area contributed by atoms with Gasteiger partial charge in [0.25, 0.3) is 5.91 Å². The van der Waals surface area contributed by atoms with Gasteiger partial charge in [0.2, 0.25) is 0 Å². The molecule has 0 aliphatic carbocycles. The second-order valence-electron chi connectivity index (χ2n) is 5.73. The summed E-state index contributed by atoms with van der Waals surface area (Å²) in [6.45, 7) is 1.32. The van der Waals surface area contributed by atoms with Gasteiger partial charge >= 0.3 is 0 Å². The number of ether oxygens (including phenoxy) is 3. The van der Waals surface area contributed by atoms with Crippen molar-refractivity contribution in [2.45, 2.75) is 6.10 Å². The Morgan fingerprint density at radius 3 is 2.60 bits per heavy atom. The third-order valence-electron chi connectivity index (χ3n) is 4.23. The van der Waals surface area contributed by atoms with Crippen molar-refractivity contribution in [3.63, 3.8) is 0 Å². The highest BCUT2D eigenvalue weighted by Crippen LogP contribution is 2.28. The van der Waals surface area contributed by atoms with Gasteiger partial charge in [0.1, 0.15) is 23.4 Å². The zero-order chi connectivity index (χ0) is 17.8. The van der Waals surface area contributed by atoms with Crippen LogP contribution in [0.4, 0.5) is 4.39 Å². The number of halogens is 1. The van der Waals surface area contributed by atoms with Crippen LogP contribution in [0.3, 0.4) is 0 Å². The smallest absolute Gasteiger partial charge is 0.257 e. The van der Waals surface area contributed by atoms with E-state index in [4.69, 9.17) is 14.2 Å². The molecule has 1 fully saturated rings. The van der Waals surface area contributed by atoms with Crippen molar-refractivity contribution in [1.29, 1.82) is 0 Å². The van der Waals surface area contributed by atoms with E-state index in [2.05, 4.69) is 0 Å². The number of hydrogen-bond acceptors (Lipinski definition) is 4. The fourth-order valence-corrected chi connectivity index (χ4v) is 2.86. The van der Waals surface area contributed by atoms with Gasteiger partial charge in [-0.25, -0.2) is 4.39 Å². The van der Waals surface area contributed by atoms with Crippen LogP contribution in [0.15, 0.2) is 42.5 Å². The molecule has 6 heteroatoms. The molecule has 3 rings (SSSR count). The van der Waals surface area contributed by atoms with Gasteiger partial charge in [-0.3, -0.25) is 4.79 Å². The van der Waals surface area contributed by atoms with Crippen molar-refractivity contribution in [1.82, 2.24) is 4.90 Å². The van der Waals surface area contributed by atoms with Gasteiger partial charge in [-0.1, -0.05) is 12.1 Å². The van der Waals surface area contributed by atoms with Gasteiger partial charge in [-0.15, -0.1) is 0 Å². The number of hydrogen-bond donors (Lipinski definition) is 0. The molecular formula is C19H20FNO4. The number of nitrogens with zero attached hydrogens (tertiary/aromatic N) is 1. The summed E-state index contributed by atoms with van der Waals surface area (Å²) in [5.74, 6) is 0.666. The maximum atomic E-state index is 13.1. The number of amides is 1. The molecule has 0 radical (unpaired) electrons. The van der Waals surface area contributed by atoms with Gasteiger partial charge < -0.3 is 19.1 Å². The summed E-state index contributed by atoms with van der Waals surface area (Å²) in [6.07, 6.45) is -0.275. The van der Waals surface area contributed by atoms with E-state index < -0.39 is 0 Å². The van der Waals surface area contributed by atoms with Crippen molar-refractivity contribution < 1.29 is 23.4 Å². The number of carbonyl (C=O) groups is 1. The largest absolute Gasteiger partial charge is 0.497 e. The molecule has 0 N–H and O–H groups in total. The summed E-state index contributed by atoms with van der Waals surface area (Å²) in [5, 5.41) is 0. The maximum absolute atomic E-state index is 13.1. The SMILES string of the molecule is COc1ccc(C(=O)N2CCOC(c3ccc(F)cc3)C2)c(OC)c1. The van der Waals surface area contributed by atoms with Crippen LogP contribution in [-0.2, 0) is 4.74 Å². The molecule has 0 spiro atoms. The highest BCUT2D eigenvalue weighted by molar-refractivity contribution is 5.97. The van der Waals surface area contributed by atoms with Gasteiger partial charge in [-0.05, 0) is 29.8 Å². The summed E-state index contributed by atoms with van der Waals surface area (Å²) in [7, 11) is 3.08. The average molecular weight is 345 g/mol. The van der Waals surface area contributed by atoms with E-state index in [9.17, 15) is 9.18 Å². The first-order valence-corrected chi connectivity index (χ1v) is 8.00. The standard InChI is InChI=1S/C19H20FNO4/c1-23-15-7-8-16(17(11-15)24-2)19(22)21-9-10-25-18(12-21)13-3-5-14(20)6-4-13/h3-8,11,18H,9-10,12H2,1-2H3. The summed E-state index contributed by atoms with van der Waals surface area (Å²) in [5.41, 5.74) is 1.32. The molecule has 0 aromatic heterocycles. The van der Waals surface area contributed by atoms with Crippen LogP contribution >= 0.6 is 0 Å². The second kappa shape index (κ2) is 7.53. The summed E-state index contributed by atoms with van der Waals surface area (Å²) >= 11 is 0. The Hall–Kier alpha value is -2.60. The predicted molar refractivity (Wildman–Crippen MR) is 90.5 cm³/mol. The van der Waals surface area contributed by atoms with Crippen LogP contribution in [0.5, 0.6) is 11.5 Å². The van der Waals surface area contributed by atoms with Crippen molar-refractivity contribution in [2.24, 2.45) is 0 Å². The van der Waals surface area contributed by atoms with Crippen molar-refractivity contribution in [3.05, 3.63) is 59.4 Å². The second-order valence-corrected chi connectivity index (χ2v) is 5.73. The number of carbonyl (C=O) groups excluding carboxylic acids is 1. The molecule has 132 valence electrons. The molecule has 1 amide bonds. The number of methoxy groups -OCH3 is 2. The third kappa shape index (κ3) is 3.74. The highest BCUT2D eigenvalue weighted by Gasteiger charge is 2.27. The third-order valence-corrected chi connectivity index (χ3v) is 4.23. The van der Waals surface area contributed by atoms with Crippen LogP contribution in [-0.4, -0.2) is 44.7 Å². The van der Waals surface area contributed by atoms with E-state index in [0.717, 1.165) is 5.56 Å². The van der Waals surface area contributed by atoms with Crippen molar-refractivity contribution in [3.8, 4) is 11.5 Å². The first-order valence-electron chi connectivity index (χ1n) is 8.00. The molecule has 1 unspecified atom stereocenters. The molecule has 1 aliphatic rings. The molecular weight excluding hydrogens is 325 g/mol. The molecule has 5 nitrogen and oxygen atoms in total. The Kier molecular flexibility index (Phi) is 5.19. The minimum absolute atomic E-state index is 0.130. The average Bonchev–Trinajstić information content (AvgIpc) is 2.67. The van der Waals surface area contributed by atoms with E-state index in [0.29, 0.717) is 36.8 Å². The molecule has 1 saturated heterocycles. The number of morpholine rings is 1. The summed E-state index contributed by atoms with van der Waals surface area (Å²) in [4.78, 5) is 14.6. The molecule has 2 aromatic rings. The fraction of sp³-hybridized carbons (Fsp3) is 0.316. The van der Waals surface area contributed by atoms with E-state index in [1.54, 1.807) is 42.3 Å². The van der Waals surface area contributed by atoms with Crippen molar-refractivity contribution in [2.75, 3.05) is 33.9 Å². The van der Waals surface area contributed by atoms with Crippen LogP contribution in [0.25, 0.3) is 0 Å². The summed E-state index contributed by atoms with van der Waals surface area (Å²) in [6, 6.07) is 11.3. The lowest BCUT2D eigenvalue weighted by Crippen LogP contribution is -2.42. The maximum Gasteiger partial charge on any atom is 0.257 e. The highest BCUT2D eigenvalue weighted by atomic mass is 19.1. The van der Waals surface area contributed by atoms with Crippen molar-refractivity contribution >= 4 is 5.91 Å². The Morgan fingerprint density at radius 1 is 1.16 bits per heavy atom.